The molecule has 3 N–H and O–H groups in total. The van der Waals surface area contributed by atoms with Gasteiger partial charge in [-0.2, -0.15) is 0 Å². The van der Waals surface area contributed by atoms with Gasteiger partial charge in [-0.15, -0.1) is 0 Å². The van der Waals surface area contributed by atoms with E-state index in [1.807, 2.05) is 19.1 Å². The van der Waals surface area contributed by atoms with Crippen LogP contribution >= 0.6 is 0 Å². The Hall–Kier alpha value is -1.88. The topological polar surface area (TPSA) is 78.4 Å². The van der Waals surface area contributed by atoms with E-state index in [1.165, 1.54) is 0 Å². The Bertz CT molecular complexity index is 542. The average molecular weight is 290 g/mol. The lowest BCUT2D eigenvalue weighted by molar-refractivity contribution is -0.139. The maximum absolute atomic E-state index is 12.4. The SMILES string of the molecule is CCCC(NC(C)C(=O)c1ccc2c(c1)CCN2)C(=O)O. The second kappa shape index (κ2) is 6.72. The highest BCUT2D eigenvalue weighted by Crippen LogP contribution is 2.23. The Balaban J connectivity index is 2.06. The number of ketones is 1. The highest BCUT2D eigenvalue weighted by atomic mass is 16.4. The zero-order valence-electron chi connectivity index (χ0n) is 12.5. The summed E-state index contributed by atoms with van der Waals surface area (Å²) in [5.74, 6) is -0.971. The standard InChI is InChI=1S/C16H22N2O3/c1-3-4-14(16(20)21)18-10(2)15(19)12-5-6-13-11(9-12)7-8-17-13/h5-6,9-10,14,17-18H,3-4,7-8H2,1-2H3,(H,20,21). The van der Waals surface area contributed by atoms with Crippen molar-refractivity contribution in [2.24, 2.45) is 0 Å². The largest absolute Gasteiger partial charge is 0.480 e. The zero-order valence-corrected chi connectivity index (χ0v) is 12.5. The van der Waals surface area contributed by atoms with E-state index in [1.54, 1.807) is 13.0 Å². The number of benzene rings is 1. The van der Waals surface area contributed by atoms with Crippen LogP contribution in [0.25, 0.3) is 0 Å². The number of hydrogen-bond donors (Lipinski definition) is 3. The van der Waals surface area contributed by atoms with Gasteiger partial charge in [0.05, 0.1) is 6.04 Å². The molecule has 0 radical (unpaired) electrons. The predicted octanol–water partition coefficient (Wildman–Crippen LogP) is 2.07. The van der Waals surface area contributed by atoms with E-state index in [-0.39, 0.29) is 5.78 Å². The minimum absolute atomic E-state index is 0.0629. The molecule has 2 unspecified atom stereocenters. The van der Waals surface area contributed by atoms with Gasteiger partial charge in [0, 0.05) is 17.8 Å². The fourth-order valence-electron chi connectivity index (χ4n) is 2.65. The van der Waals surface area contributed by atoms with Crippen molar-refractivity contribution in [3.05, 3.63) is 29.3 Å². The molecule has 0 amide bonds. The van der Waals surface area contributed by atoms with Crippen LogP contribution < -0.4 is 10.6 Å². The number of fused-ring (bicyclic) bond motifs is 1. The summed E-state index contributed by atoms with van der Waals surface area (Å²) in [6.45, 7) is 4.55. The van der Waals surface area contributed by atoms with Crippen LogP contribution in [0.3, 0.4) is 0 Å². The second-order valence-electron chi connectivity index (χ2n) is 5.48. The molecule has 5 nitrogen and oxygen atoms in total. The van der Waals surface area contributed by atoms with Crippen molar-refractivity contribution >= 4 is 17.4 Å². The first-order valence-electron chi connectivity index (χ1n) is 7.42. The molecule has 1 aromatic rings. The number of carboxylic acids is 1. The third kappa shape index (κ3) is 3.61. The second-order valence-corrected chi connectivity index (χ2v) is 5.48. The van der Waals surface area contributed by atoms with Gasteiger partial charge in [0.1, 0.15) is 6.04 Å². The monoisotopic (exact) mass is 290 g/mol. The van der Waals surface area contributed by atoms with Crippen molar-refractivity contribution in [1.29, 1.82) is 0 Å². The number of carbonyl (C=O) groups is 2. The van der Waals surface area contributed by atoms with Gasteiger partial charge in [-0.3, -0.25) is 14.9 Å². The summed E-state index contributed by atoms with van der Waals surface area (Å²) in [5.41, 5.74) is 2.87. The molecule has 0 saturated heterocycles. The Morgan fingerprint density at radius 1 is 1.43 bits per heavy atom. The fourth-order valence-corrected chi connectivity index (χ4v) is 2.65. The number of carboxylic acid groups (broad SMARTS) is 1. The Kier molecular flexibility index (Phi) is 4.96. The number of carbonyl (C=O) groups excluding carboxylic acids is 1. The van der Waals surface area contributed by atoms with E-state index in [4.69, 9.17) is 5.11 Å². The first kappa shape index (κ1) is 15.5. The first-order chi connectivity index (χ1) is 10.0. The molecule has 1 heterocycles. The van der Waals surface area contributed by atoms with Crippen molar-refractivity contribution < 1.29 is 14.7 Å². The van der Waals surface area contributed by atoms with Crippen LogP contribution in [0.4, 0.5) is 5.69 Å². The number of Topliss-reactive ketones (excluding diaryl/α,β-unsaturated/α-hetero) is 1. The third-order valence-electron chi connectivity index (χ3n) is 3.82. The van der Waals surface area contributed by atoms with Crippen LogP contribution in [-0.4, -0.2) is 35.5 Å². The number of aliphatic carboxylic acids is 1. The van der Waals surface area contributed by atoms with Gasteiger partial charge in [-0.05, 0) is 43.5 Å². The van der Waals surface area contributed by atoms with Crippen LogP contribution in [0.15, 0.2) is 18.2 Å². The normalized spacial score (nSPS) is 15.9. The molecule has 0 fully saturated rings. The van der Waals surface area contributed by atoms with E-state index in [0.717, 1.165) is 30.6 Å². The van der Waals surface area contributed by atoms with E-state index in [9.17, 15) is 9.59 Å². The molecule has 0 bridgehead atoms. The molecule has 0 aliphatic carbocycles. The quantitative estimate of drug-likeness (QED) is 0.670. The zero-order chi connectivity index (χ0) is 15.4. The number of hydrogen-bond acceptors (Lipinski definition) is 4. The average Bonchev–Trinajstić information content (AvgIpc) is 2.93. The Morgan fingerprint density at radius 2 is 2.19 bits per heavy atom. The molecule has 2 atom stereocenters. The van der Waals surface area contributed by atoms with E-state index in [0.29, 0.717) is 12.0 Å². The smallest absolute Gasteiger partial charge is 0.320 e. The van der Waals surface area contributed by atoms with Crippen molar-refractivity contribution in [2.45, 2.75) is 45.2 Å². The lowest BCUT2D eigenvalue weighted by Gasteiger charge is -2.19. The van der Waals surface area contributed by atoms with Crippen LogP contribution in [0, 0.1) is 0 Å². The molecule has 1 aliphatic heterocycles. The summed E-state index contributed by atoms with van der Waals surface area (Å²) >= 11 is 0. The highest BCUT2D eigenvalue weighted by molar-refractivity contribution is 6.00. The van der Waals surface area contributed by atoms with Gasteiger partial charge in [-0.25, -0.2) is 0 Å². The Labute approximate surface area is 124 Å². The van der Waals surface area contributed by atoms with Gasteiger partial charge >= 0.3 is 5.97 Å². The molecule has 0 aromatic heterocycles. The minimum atomic E-state index is -0.908. The molecular weight excluding hydrogens is 268 g/mol. The van der Waals surface area contributed by atoms with E-state index < -0.39 is 18.1 Å². The molecular formula is C16H22N2O3. The highest BCUT2D eigenvalue weighted by Gasteiger charge is 2.24. The van der Waals surface area contributed by atoms with Crippen molar-refractivity contribution in [1.82, 2.24) is 5.32 Å². The van der Waals surface area contributed by atoms with Gasteiger partial charge in [0.25, 0.3) is 0 Å². The van der Waals surface area contributed by atoms with Crippen LogP contribution in [-0.2, 0) is 11.2 Å². The lowest BCUT2D eigenvalue weighted by atomic mass is 10.0. The van der Waals surface area contributed by atoms with Gasteiger partial charge < -0.3 is 10.4 Å². The van der Waals surface area contributed by atoms with Gasteiger partial charge in [0.15, 0.2) is 5.78 Å². The summed E-state index contributed by atoms with van der Waals surface area (Å²) in [6, 6.07) is 4.44. The third-order valence-corrected chi connectivity index (χ3v) is 3.82. The summed E-state index contributed by atoms with van der Waals surface area (Å²) < 4.78 is 0. The summed E-state index contributed by atoms with van der Waals surface area (Å²) in [6.07, 6.45) is 2.20. The molecule has 21 heavy (non-hydrogen) atoms. The summed E-state index contributed by atoms with van der Waals surface area (Å²) in [4.78, 5) is 23.6. The maximum Gasteiger partial charge on any atom is 0.320 e. The lowest BCUT2D eigenvalue weighted by Crippen LogP contribution is -2.45. The molecule has 114 valence electrons. The van der Waals surface area contributed by atoms with Crippen LogP contribution in [0.5, 0.6) is 0 Å². The van der Waals surface area contributed by atoms with Crippen molar-refractivity contribution in [2.75, 3.05) is 11.9 Å². The predicted molar refractivity (Wildman–Crippen MR) is 81.9 cm³/mol. The van der Waals surface area contributed by atoms with Crippen LogP contribution in [0.1, 0.15) is 42.6 Å². The fraction of sp³-hybridized carbons (Fsp3) is 0.500. The molecule has 0 spiro atoms. The minimum Gasteiger partial charge on any atom is -0.480 e. The van der Waals surface area contributed by atoms with E-state index in [2.05, 4.69) is 10.6 Å². The van der Waals surface area contributed by atoms with Gasteiger partial charge in [0.2, 0.25) is 0 Å². The van der Waals surface area contributed by atoms with Crippen LogP contribution in [0.2, 0.25) is 0 Å². The maximum atomic E-state index is 12.4. The molecule has 1 aliphatic rings. The van der Waals surface area contributed by atoms with Crippen molar-refractivity contribution in [3.63, 3.8) is 0 Å². The molecule has 0 saturated carbocycles. The Morgan fingerprint density at radius 3 is 2.86 bits per heavy atom. The molecule has 2 rings (SSSR count). The van der Waals surface area contributed by atoms with Crippen molar-refractivity contribution in [3.8, 4) is 0 Å². The molecule has 5 heteroatoms. The number of nitrogens with one attached hydrogen (secondary N) is 2. The van der Waals surface area contributed by atoms with Gasteiger partial charge in [-0.1, -0.05) is 13.3 Å². The molecule has 1 aromatic carbocycles. The summed E-state index contributed by atoms with van der Waals surface area (Å²) in [5, 5.41) is 15.3. The number of anilines is 1. The first-order valence-corrected chi connectivity index (χ1v) is 7.42. The number of rotatable bonds is 7. The summed E-state index contributed by atoms with van der Waals surface area (Å²) in [7, 11) is 0. The van der Waals surface area contributed by atoms with E-state index >= 15 is 0 Å².